The molecule has 0 bridgehead atoms. The zero-order valence-corrected chi connectivity index (χ0v) is 9.00. The topological polar surface area (TPSA) is 61.4 Å². The van der Waals surface area contributed by atoms with Crippen LogP contribution in [0.5, 0.6) is 0 Å². The third kappa shape index (κ3) is 2.92. The standard InChI is InChI=1S/C11H20N2O2/c14-9-6-10(12-7-9)11(15)13-8-4-2-1-3-5-8/h8-10,12,14H,1-7H2,(H,13,15)/t9-,10+/m1/s1/i14D. The largest absolute Gasteiger partial charge is 0.392 e. The summed E-state index contributed by atoms with van der Waals surface area (Å²) in [5.74, 6) is 0.0754. The second-order valence-corrected chi connectivity index (χ2v) is 4.66. The van der Waals surface area contributed by atoms with Crippen LogP contribution in [0.3, 0.4) is 0 Å². The number of amides is 1. The van der Waals surface area contributed by atoms with Gasteiger partial charge in [0.25, 0.3) is 0 Å². The molecular formula is C11H20N2O2. The number of aliphatic hydroxyl groups is 1. The van der Waals surface area contributed by atoms with Crippen LogP contribution in [-0.4, -0.2) is 37.2 Å². The fraction of sp³-hybridized carbons (Fsp3) is 0.909. The van der Waals surface area contributed by atoms with Crippen LogP contribution >= 0.6 is 0 Å². The molecule has 1 aliphatic heterocycles. The maximum Gasteiger partial charge on any atom is 0.237 e. The molecule has 4 nitrogen and oxygen atoms in total. The molecule has 15 heavy (non-hydrogen) atoms. The Kier molecular flexibility index (Phi) is 3.17. The van der Waals surface area contributed by atoms with E-state index >= 15 is 0 Å². The monoisotopic (exact) mass is 213 g/mol. The molecule has 1 amide bonds. The van der Waals surface area contributed by atoms with Crippen molar-refractivity contribution in [2.75, 3.05) is 6.54 Å². The van der Waals surface area contributed by atoms with Gasteiger partial charge in [-0.1, -0.05) is 19.3 Å². The molecule has 0 aromatic heterocycles. The van der Waals surface area contributed by atoms with Gasteiger partial charge in [-0.05, 0) is 19.3 Å². The zero-order valence-electron chi connectivity index (χ0n) is 10.00. The van der Waals surface area contributed by atoms with Gasteiger partial charge in [0.2, 0.25) is 7.34 Å². The van der Waals surface area contributed by atoms with E-state index in [4.69, 9.17) is 1.43 Å². The lowest BCUT2D eigenvalue weighted by atomic mass is 9.95. The lowest BCUT2D eigenvalue weighted by Crippen LogP contribution is -2.45. The second kappa shape index (κ2) is 4.94. The Labute approximate surface area is 91.9 Å². The first-order chi connectivity index (χ1) is 7.79. The molecule has 2 fully saturated rings. The van der Waals surface area contributed by atoms with Gasteiger partial charge in [-0.25, -0.2) is 0 Å². The predicted octanol–water partition coefficient (Wildman–Crippen LogP) is 0.158. The van der Waals surface area contributed by atoms with Crippen LogP contribution in [0.1, 0.15) is 38.5 Å². The zero-order chi connectivity index (χ0) is 11.4. The predicted molar refractivity (Wildman–Crippen MR) is 57.4 cm³/mol. The number of nitrogens with one attached hydrogen (secondary N) is 2. The highest BCUT2D eigenvalue weighted by Gasteiger charge is 2.29. The highest BCUT2D eigenvalue weighted by molar-refractivity contribution is 5.82. The molecule has 2 rings (SSSR count). The summed E-state index contributed by atoms with van der Waals surface area (Å²) in [6.45, 7) is 0.603. The van der Waals surface area contributed by atoms with Crippen molar-refractivity contribution in [3.05, 3.63) is 0 Å². The Morgan fingerprint density at radius 2 is 2.20 bits per heavy atom. The number of carbonyl (C=O) groups excluding carboxylic acids is 1. The first kappa shape index (κ1) is 9.60. The first-order valence-electron chi connectivity index (χ1n) is 6.36. The van der Waals surface area contributed by atoms with E-state index < -0.39 is 0 Å². The summed E-state index contributed by atoms with van der Waals surface area (Å²) in [5, 5.41) is 10.7. The van der Waals surface area contributed by atoms with Gasteiger partial charge in [-0.2, -0.15) is 0 Å². The Hall–Kier alpha value is -0.610. The van der Waals surface area contributed by atoms with Crippen molar-refractivity contribution in [3.63, 3.8) is 0 Å². The van der Waals surface area contributed by atoms with Crippen molar-refractivity contribution < 1.29 is 9.90 Å². The average Bonchev–Trinajstić information content (AvgIpc) is 2.79. The van der Waals surface area contributed by atoms with Gasteiger partial charge in [-0.15, -0.1) is 0 Å². The number of carbonyl (C=O) groups is 1. The van der Waals surface area contributed by atoms with E-state index in [1.54, 1.807) is 0 Å². The quantitative estimate of drug-likeness (QED) is 0.626. The maximum atomic E-state index is 11.9. The molecule has 0 radical (unpaired) electrons. The van der Waals surface area contributed by atoms with Gasteiger partial charge >= 0.3 is 0 Å². The van der Waals surface area contributed by atoms with E-state index in [1.807, 2.05) is 0 Å². The molecule has 2 aliphatic rings. The highest BCUT2D eigenvalue weighted by Crippen LogP contribution is 2.18. The van der Waals surface area contributed by atoms with E-state index in [0.29, 0.717) is 19.0 Å². The number of β-amino-alcohol motifs (C(OH)–C–C–N with tert-alkyl or cyclic N) is 1. The van der Waals surface area contributed by atoms with Crippen molar-refractivity contribution in [2.24, 2.45) is 0 Å². The van der Waals surface area contributed by atoms with Crippen LogP contribution in [0.4, 0.5) is 0 Å². The van der Waals surface area contributed by atoms with Crippen molar-refractivity contribution in [1.29, 1.82) is 1.43 Å². The molecule has 1 saturated heterocycles. The van der Waals surface area contributed by atoms with Crippen LogP contribution in [0.2, 0.25) is 0 Å². The SMILES string of the molecule is [2H]O[C@H]1CN[C@H](C(=O)NC2CCCCC2)C1. The molecule has 0 aromatic carbocycles. The van der Waals surface area contributed by atoms with Gasteiger partial charge in [0.05, 0.1) is 12.1 Å². The Morgan fingerprint density at radius 3 is 2.87 bits per heavy atom. The Morgan fingerprint density at radius 1 is 1.40 bits per heavy atom. The van der Waals surface area contributed by atoms with Gasteiger partial charge in [0, 0.05) is 12.6 Å². The summed E-state index contributed by atoms with van der Waals surface area (Å²) in [6.07, 6.45) is 6.43. The number of rotatable bonds is 3. The molecule has 3 N–H and O–H groups in total. The molecule has 0 unspecified atom stereocenters. The summed E-state index contributed by atoms with van der Waals surface area (Å²) < 4.78 is 6.81. The van der Waals surface area contributed by atoms with Crippen LogP contribution < -0.4 is 10.6 Å². The number of hydrogen-bond donors (Lipinski definition) is 3. The summed E-state index contributed by atoms with van der Waals surface area (Å²) in [5.41, 5.74) is 0. The van der Waals surface area contributed by atoms with Gasteiger partial charge in [-0.3, -0.25) is 4.79 Å². The molecule has 1 heterocycles. The van der Waals surface area contributed by atoms with E-state index in [2.05, 4.69) is 15.7 Å². The van der Waals surface area contributed by atoms with Crippen molar-refractivity contribution >= 4 is 5.91 Å². The number of hydrogen-bond acceptors (Lipinski definition) is 3. The van der Waals surface area contributed by atoms with Gasteiger partial charge < -0.3 is 15.7 Å². The van der Waals surface area contributed by atoms with Crippen molar-refractivity contribution in [3.8, 4) is 0 Å². The minimum Gasteiger partial charge on any atom is -0.392 e. The van der Waals surface area contributed by atoms with Crippen LogP contribution in [-0.2, 0) is 4.79 Å². The summed E-state index contributed by atoms with van der Waals surface area (Å²) in [4.78, 5) is 11.9. The maximum absolute atomic E-state index is 11.9. The minimum atomic E-state index is -0.169. The fourth-order valence-electron chi connectivity index (χ4n) is 2.45. The smallest absolute Gasteiger partial charge is 0.237 e. The summed E-state index contributed by atoms with van der Waals surface area (Å²) >= 11 is 0. The fourth-order valence-corrected chi connectivity index (χ4v) is 2.45. The second-order valence-electron chi connectivity index (χ2n) is 4.66. The molecule has 4 heteroatoms. The van der Waals surface area contributed by atoms with E-state index in [0.717, 1.165) is 12.8 Å². The van der Waals surface area contributed by atoms with Crippen LogP contribution in [0.15, 0.2) is 0 Å². The highest BCUT2D eigenvalue weighted by atomic mass is 16.3. The molecule has 1 saturated carbocycles. The lowest BCUT2D eigenvalue weighted by Gasteiger charge is -2.24. The first-order valence-corrected chi connectivity index (χ1v) is 5.95. The third-order valence-corrected chi connectivity index (χ3v) is 3.36. The third-order valence-electron chi connectivity index (χ3n) is 3.36. The van der Waals surface area contributed by atoms with Crippen molar-refractivity contribution in [2.45, 2.75) is 56.7 Å². The van der Waals surface area contributed by atoms with Crippen molar-refractivity contribution in [1.82, 2.24) is 10.6 Å². The summed E-state index contributed by atoms with van der Waals surface area (Å²) in [7, 11) is 0. The van der Waals surface area contributed by atoms with E-state index in [9.17, 15) is 4.79 Å². The lowest BCUT2D eigenvalue weighted by molar-refractivity contribution is -0.123. The minimum absolute atomic E-state index is 0.0754. The van der Waals surface area contributed by atoms with Crippen LogP contribution in [0, 0.1) is 0 Å². The number of aliphatic hydroxyl groups excluding tert-OH is 1. The molecule has 1 aliphatic carbocycles. The molecule has 0 aromatic rings. The van der Waals surface area contributed by atoms with E-state index in [1.165, 1.54) is 19.3 Å². The molecule has 2 atom stereocenters. The molecular weight excluding hydrogens is 192 g/mol. The Bertz CT molecular complexity index is 244. The summed E-state index contributed by atoms with van der Waals surface area (Å²) in [6, 6.07) is 0.191. The molecule has 86 valence electrons. The molecule has 0 spiro atoms. The Balaban J connectivity index is 1.75. The van der Waals surface area contributed by atoms with E-state index in [-0.39, 0.29) is 18.1 Å². The van der Waals surface area contributed by atoms with Gasteiger partial charge in [0.1, 0.15) is 0 Å². The normalized spacial score (nSPS) is 33.7. The van der Waals surface area contributed by atoms with Gasteiger partial charge in [0.15, 0.2) is 0 Å². The van der Waals surface area contributed by atoms with Crippen LogP contribution in [0.25, 0.3) is 0 Å². The average molecular weight is 213 g/mol.